The Labute approximate surface area is 108 Å². The van der Waals surface area contributed by atoms with Crippen molar-refractivity contribution in [2.45, 2.75) is 13.3 Å². The zero-order chi connectivity index (χ0) is 13.4. The highest BCUT2D eigenvalue weighted by atomic mass is 16.4. The van der Waals surface area contributed by atoms with Gasteiger partial charge in [-0.1, -0.05) is 29.8 Å². The topological polar surface area (TPSA) is 83.3 Å². The number of fused-ring (bicyclic) bond motifs is 1. The Kier molecular flexibility index (Phi) is 2.56. The summed E-state index contributed by atoms with van der Waals surface area (Å²) >= 11 is 0. The van der Waals surface area contributed by atoms with Crippen molar-refractivity contribution in [1.82, 2.24) is 19.6 Å². The number of carboxylic acid groups (broad SMARTS) is 1. The van der Waals surface area contributed by atoms with Crippen molar-refractivity contribution in [3.63, 3.8) is 0 Å². The van der Waals surface area contributed by atoms with Crippen molar-refractivity contribution in [3.05, 3.63) is 41.7 Å². The Bertz CT molecular complexity index is 708. The van der Waals surface area contributed by atoms with Crippen LogP contribution in [0, 0.1) is 6.92 Å². The van der Waals surface area contributed by atoms with Gasteiger partial charge in [0.15, 0.2) is 5.82 Å². The van der Waals surface area contributed by atoms with Crippen LogP contribution in [0.4, 0.5) is 0 Å². The minimum atomic E-state index is -0.903. The first-order valence-corrected chi connectivity index (χ1v) is 5.84. The summed E-state index contributed by atoms with van der Waals surface area (Å²) in [5.74, 6) is 0.288. The standard InChI is InChI=1S/C13H12N4O2/c1-8-2-4-9(5-3-8)12-15-13-14-10(6-11(18)19)7-17(13)16-12/h2-5,7H,6H2,1H3,(H,18,19)(H,14,15,16). The maximum atomic E-state index is 10.6. The van der Waals surface area contributed by atoms with Gasteiger partial charge in [-0.05, 0) is 6.92 Å². The number of nitrogens with zero attached hydrogens (tertiary/aromatic N) is 3. The molecule has 0 spiro atoms. The summed E-state index contributed by atoms with van der Waals surface area (Å²) < 4.78 is 1.63. The summed E-state index contributed by atoms with van der Waals surface area (Å²) in [5.41, 5.74) is 2.64. The van der Waals surface area contributed by atoms with Gasteiger partial charge in [-0.15, -0.1) is 0 Å². The SMILES string of the molecule is Cc1ccc(-c2nc3nc(CC(=O)O)cn3[nH]2)cc1. The predicted octanol–water partition coefficient (Wildman–Crippen LogP) is 1.66. The number of H-pyrrole nitrogens is 1. The molecule has 2 aromatic heterocycles. The van der Waals surface area contributed by atoms with Crippen LogP contribution in [-0.2, 0) is 11.2 Å². The Morgan fingerprint density at radius 2 is 2.05 bits per heavy atom. The van der Waals surface area contributed by atoms with Crippen LogP contribution in [0.5, 0.6) is 0 Å². The van der Waals surface area contributed by atoms with E-state index in [0.717, 1.165) is 5.56 Å². The zero-order valence-corrected chi connectivity index (χ0v) is 10.3. The summed E-state index contributed by atoms with van der Waals surface area (Å²) in [7, 11) is 0. The molecule has 0 radical (unpaired) electrons. The molecule has 2 heterocycles. The van der Waals surface area contributed by atoms with Crippen LogP contribution in [0.3, 0.4) is 0 Å². The molecule has 0 aliphatic rings. The molecule has 0 aliphatic carbocycles. The molecule has 0 fully saturated rings. The third kappa shape index (κ3) is 2.20. The second-order valence-electron chi connectivity index (χ2n) is 4.41. The van der Waals surface area contributed by atoms with Crippen LogP contribution >= 0.6 is 0 Å². The molecular formula is C13H12N4O2. The summed E-state index contributed by atoms with van der Waals surface area (Å²) in [5, 5.41) is 11.8. The van der Waals surface area contributed by atoms with Crippen LogP contribution < -0.4 is 0 Å². The van der Waals surface area contributed by atoms with Crippen molar-refractivity contribution in [2.24, 2.45) is 0 Å². The Hall–Kier alpha value is -2.63. The summed E-state index contributed by atoms with van der Waals surface area (Å²) in [4.78, 5) is 19.1. The molecule has 0 bridgehead atoms. The average molecular weight is 256 g/mol. The fourth-order valence-electron chi connectivity index (χ4n) is 1.90. The van der Waals surface area contributed by atoms with Gasteiger partial charge in [-0.25, -0.2) is 9.50 Å². The Morgan fingerprint density at radius 3 is 2.68 bits per heavy atom. The molecule has 19 heavy (non-hydrogen) atoms. The van der Waals surface area contributed by atoms with Crippen LogP contribution in [0.25, 0.3) is 17.2 Å². The Balaban J connectivity index is 1.96. The first kappa shape index (κ1) is 11.5. The third-order valence-corrected chi connectivity index (χ3v) is 2.83. The number of imidazole rings is 1. The monoisotopic (exact) mass is 256 g/mol. The smallest absolute Gasteiger partial charge is 0.309 e. The van der Waals surface area contributed by atoms with Gasteiger partial charge in [0, 0.05) is 5.56 Å². The number of aliphatic carboxylic acids is 1. The minimum absolute atomic E-state index is 0.100. The van der Waals surface area contributed by atoms with Gasteiger partial charge in [0.25, 0.3) is 5.78 Å². The van der Waals surface area contributed by atoms with E-state index in [0.29, 0.717) is 17.3 Å². The highest BCUT2D eigenvalue weighted by Crippen LogP contribution is 2.16. The average Bonchev–Trinajstić information content (AvgIpc) is 2.86. The lowest BCUT2D eigenvalue weighted by molar-refractivity contribution is -0.136. The van der Waals surface area contributed by atoms with Gasteiger partial charge < -0.3 is 5.11 Å². The van der Waals surface area contributed by atoms with E-state index >= 15 is 0 Å². The van der Waals surface area contributed by atoms with Crippen molar-refractivity contribution < 1.29 is 9.90 Å². The number of benzene rings is 1. The van der Waals surface area contributed by atoms with E-state index in [4.69, 9.17) is 5.11 Å². The van der Waals surface area contributed by atoms with Crippen molar-refractivity contribution in [3.8, 4) is 11.4 Å². The van der Waals surface area contributed by atoms with Crippen LogP contribution in [0.2, 0.25) is 0 Å². The lowest BCUT2D eigenvalue weighted by Crippen LogP contribution is -2.00. The molecule has 0 aliphatic heterocycles. The quantitative estimate of drug-likeness (QED) is 0.746. The summed E-state index contributed by atoms with van der Waals surface area (Å²) in [6, 6.07) is 7.98. The number of hydrogen-bond donors (Lipinski definition) is 2. The van der Waals surface area contributed by atoms with Crippen molar-refractivity contribution >= 4 is 11.7 Å². The second kappa shape index (κ2) is 4.24. The number of aromatic amines is 1. The molecule has 2 N–H and O–H groups in total. The summed E-state index contributed by atoms with van der Waals surface area (Å²) in [6.45, 7) is 2.02. The molecule has 0 atom stereocenters. The van der Waals surface area contributed by atoms with Crippen LogP contribution in [-0.4, -0.2) is 30.7 Å². The molecule has 0 saturated heterocycles. The fourth-order valence-corrected chi connectivity index (χ4v) is 1.90. The maximum Gasteiger partial charge on any atom is 0.309 e. The molecule has 3 rings (SSSR count). The van der Waals surface area contributed by atoms with E-state index in [2.05, 4.69) is 15.1 Å². The lowest BCUT2D eigenvalue weighted by atomic mass is 10.1. The second-order valence-corrected chi connectivity index (χ2v) is 4.41. The normalized spacial score (nSPS) is 11.0. The zero-order valence-electron chi connectivity index (χ0n) is 10.3. The Morgan fingerprint density at radius 1 is 1.32 bits per heavy atom. The highest BCUT2D eigenvalue weighted by Gasteiger charge is 2.10. The molecular weight excluding hydrogens is 244 g/mol. The van der Waals surface area contributed by atoms with Crippen molar-refractivity contribution in [2.75, 3.05) is 0 Å². The molecule has 6 nitrogen and oxygen atoms in total. The third-order valence-electron chi connectivity index (χ3n) is 2.83. The molecule has 0 unspecified atom stereocenters. The highest BCUT2D eigenvalue weighted by molar-refractivity contribution is 5.69. The van der Waals surface area contributed by atoms with E-state index < -0.39 is 5.97 Å². The number of aryl methyl sites for hydroxylation is 1. The van der Waals surface area contributed by atoms with Gasteiger partial charge in [0.1, 0.15) is 0 Å². The largest absolute Gasteiger partial charge is 0.481 e. The minimum Gasteiger partial charge on any atom is -0.481 e. The lowest BCUT2D eigenvalue weighted by Gasteiger charge is -1.96. The van der Waals surface area contributed by atoms with E-state index in [9.17, 15) is 4.79 Å². The van der Waals surface area contributed by atoms with Gasteiger partial charge in [-0.3, -0.25) is 9.89 Å². The number of rotatable bonds is 3. The number of carbonyl (C=O) groups is 1. The molecule has 1 aromatic carbocycles. The van der Waals surface area contributed by atoms with Gasteiger partial charge >= 0.3 is 5.97 Å². The molecule has 96 valence electrons. The first-order chi connectivity index (χ1) is 9.11. The van der Waals surface area contributed by atoms with E-state index in [1.807, 2.05) is 31.2 Å². The number of nitrogens with one attached hydrogen (secondary N) is 1. The first-order valence-electron chi connectivity index (χ1n) is 5.84. The number of aromatic nitrogens is 4. The van der Waals surface area contributed by atoms with Gasteiger partial charge in [0.05, 0.1) is 18.3 Å². The van der Waals surface area contributed by atoms with Crippen molar-refractivity contribution in [1.29, 1.82) is 0 Å². The predicted molar refractivity (Wildman–Crippen MR) is 68.9 cm³/mol. The number of carboxylic acids is 1. The fraction of sp³-hybridized carbons (Fsp3) is 0.154. The van der Waals surface area contributed by atoms with E-state index in [1.54, 1.807) is 10.7 Å². The van der Waals surface area contributed by atoms with E-state index in [-0.39, 0.29) is 6.42 Å². The maximum absolute atomic E-state index is 10.6. The molecule has 0 amide bonds. The van der Waals surface area contributed by atoms with Crippen LogP contribution in [0.1, 0.15) is 11.3 Å². The van der Waals surface area contributed by atoms with E-state index in [1.165, 1.54) is 5.56 Å². The molecule has 0 saturated carbocycles. The number of hydrogen-bond acceptors (Lipinski definition) is 3. The molecule has 3 aromatic rings. The molecule has 6 heteroatoms. The summed E-state index contributed by atoms with van der Waals surface area (Å²) in [6.07, 6.45) is 1.55. The van der Waals surface area contributed by atoms with Gasteiger partial charge in [-0.2, -0.15) is 4.98 Å². The van der Waals surface area contributed by atoms with Crippen LogP contribution in [0.15, 0.2) is 30.5 Å². The van der Waals surface area contributed by atoms with Gasteiger partial charge in [0.2, 0.25) is 0 Å².